The standard InChI is InChI=1S/C16H26N2O/c1-12-6-7-13(2)14(8-12)18-10-15(3,4)17-9-16(5,19)11-18/h6-8,17,19H,9-11H2,1-5H3. The fraction of sp³-hybridized carbons (Fsp3) is 0.625. The van der Waals surface area contributed by atoms with Crippen molar-refractivity contribution in [2.24, 2.45) is 0 Å². The predicted octanol–water partition coefficient (Wildman–Crippen LogP) is 2.24. The Morgan fingerprint density at radius 1 is 1.16 bits per heavy atom. The van der Waals surface area contributed by atoms with E-state index in [9.17, 15) is 5.11 Å². The Bertz CT molecular complexity index is 448. The molecule has 19 heavy (non-hydrogen) atoms. The van der Waals surface area contributed by atoms with E-state index in [0.717, 1.165) is 6.54 Å². The summed E-state index contributed by atoms with van der Waals surface area (Å²) in [6.07, 6.45) is 0. The van der Waals surface area contributed by atoms with Crippen molar-refractivity contribution < 1.29 is 5.11 Å². The van der Waals surface area contributed by atoms with Gasteiger partial charge in [0.25, 0.3) is 0 Å². The molecule has 0 bridgehead atoms. The number of rotatable bonds is 1. The van der Waals surface area contributed by atoms with Gasteiger partial charge in [-0.05, 0) is 51.8 Å². The zero-order valence-electron chi connectivity index (χ0n) is 12.7. The number of β-amino-alcohol motifs (C(OH)–C–C–N with tert-alkyl or cyclic N) is 1. The summed E-state index contributed by atoms with van der Waals surface area (Å²) in [5.74, 6) is 0. The van der Waals surface area contributed by atoms with Crippen LogP contribution in [0.2, 0.25) is 0 Å². The molecule has 1 aromatic rings. The maximum Gasteiger partial charge on any atom is 0.0917 e. The summed E-state index contributed by atoms with van der Waals surface area (Å²) in [4.78, 5) is 2.31. The van der Waals surface area contributed by atoms with Crippen molar-refractivity contribution in [3.63, 3.8) is 0 Å². The predicted molar refractivity (Wildman–Crippen MR) is 80.8 cm³/mol. The minimum atomic E-state index is -0.704. The minimum absolute atomic E-state index is 0.00330. The lowest BCUT2D eigenvalue weighted by atomic mass is 10.0. The molecular weight excluding hydrogens is 236 g/mol. The maximum atomic E-state index is 10.5. The first-order valence-corrected chi connectivity index (χ1v) is 6.98. The van der Waals surface area contributed by atoms with Crippen molar-refractivity contribution >= 4 is 5.69 Å². The fourth-order valence-electron chi connectivity index (χ4n) is 2.72. The lowest BCUT2D eigenvalue weighted by Crippen LogP contribution is -2.47. The fourth-order valence-corrected chi connectivity index (χ4v) is 2.72. The average molecular weight is 262 g/mol. The van der Waals surface area contributed by atoms with Gasteiger partial charge in [0.15, 0.2) is 0 Å². The number of hydrogen-bond acceptors (Lipinski definition) is 3. The summed E-state index contributed by atoms with van der Waals surface area (Å²) in [7, 11) is 0. The summed E-state index contributed by atoms with van der Waals surface area (Å²) in [5, 5.41) is 13.9. The van der Waals surface area contributed by atoms with Crippen molar-refractivity contribution in [1.29, 1.82) is 0 Å². The van der Waals surface area contributed by atoms with E-state index in [2.05, 4.69) is 56.1 Å². The highest BCUT2D eigenvalue weighted by Crippen LogP contribution is 2.27. The van der Waals surface area contributed by atoms with E-state index in [1.807, 2.05) is 6.92 Å². The molecule has 106 valence electrons. The molecule has 0 saturated carbocycles. The molecule has 2 rings (SSSR count). The van der Waals surface area contributed by atoms with E-state index in [0.29, 0.717) is 13.1 Å². The van der Waals surface area contributed by atoms with Gasteiger partial charge in [-0.25, -0.2) is 0 Å². The van der Waals surface area contributed by atoms with Crippen LogP contribution in [0.3, 0.4) is 0 Å². The molecule has 1 unspecified atom stereocenters. The van der Waals surface area contributed by atoms with Gasteiger partial charge in [0.05, 0.1) is 5.60 Å². The molecule has 2 N–H and O–H groups in total. The Morgan fingerprint density at radius 3 is 2.53 bits per heavy atom. The number of anilines is 1. The second-order valence-electron chi connectivity index (χ2n) is 6.88. The molecule has 1 atom stereocenters. The van der Waals surface area contributed by atoms with Crippen LogP contribution in [-0.2, 0) is 0 Å². The summed E-state index contributed by atoms with van der Waals surface area (Å²) < 4.78 is 0. The van der Waals surface area contributed by atoms with E-state index in [1.54, 1.807) is 0 Å². The number of aliphatic hydroxyl groups is 1. The monoisotopic (exact) mass is 262 g/mol. The van der Waals surface area contributed by atoms with Crippen LogP contribution < -0.4 is 10.2 Å². The molecule has 1 aliphatic heterocycles. The SMILES string of the molecule is Cc1ccc(C)c(N2CC(C)(O)CNC(C)(C)C2)c1. The van der Waals surface area contributed by atoms with E-state index in [4.69, 9.17) is 0 Å². The second kappa shape index (κ2) is 4.80. The normalized spacial score (nSPS) is 27.2. The Kier molecular flexibility index (Phi) is 3.63. The highest BCUT2D eigenvalue weighted by molar-refractivity contribution is 5.55. The lowest BCUT2D eigenvalue weighted by Gasteiger charge is -2.33. The molecule has 0 amide bonds. The van der Waals surface area contributed by atoms with Crippen LogP contribution in [0.1, 0.15) is 31.9 Å². The Hall–Kier alpha value is -1.06. The maximum absolute atomic E-state index is 10.5. The molecule has 0 spiro atoms. The number of aryl methyl sites for hydroxylation is 2. The smallest absolute Gasteiger partial charge is 0.0917 e. The molecule has 1 aliphatic rings. The van der Waals surface area contributed by atoms with Crippen molar-refractivity contribution in [2.75, 3.05) is 24.5 Å². The van der Waals surface area contributed by atoms with Crippen LogP contribution in [0.4, 0.5) is 5.69 Å². The molecule has 1 aromatic carbocycles. The zero-order chi connectivity index (χ0) is 14.3. The Labute approximate surface area is 116 Å². The van der Waals surface area contributed by atoms with Crippen LogP contribution in [0, 0.1) is 13.8 Å². The Balaban J connectivity index is 2.37. The Morgan fingerprint density at radius 2 is 1.84 bits per heavy atom. The average Bonchev–Trinajstić information content (AvgIpc) is 2.39. The molecule has 1 fully saturated rings. The second-order valence-corrected chi connectivity index (χ2v) is 6.88. The summed E-state index contributed by atoms with van der Waals surface area (Å²) in [6.45, 7) is 12.7. The molecule has 3 nitrogen and oxygen atoms in total. The topological polar surface area (TPSA) is 35.5 Å². The summed E-state index contributed by atoms with van der Waals surface area (Å²) in [5.41, 5.74) is 3.05. The molecular formula is C16H26N2O. The molecule has 0 aliphatic carbocycles. The highest BCUT2D eigenvalue weighted by Gasteiger charge is 2.34. The van der Waals surface area contributed by atoms with Crippen LogP contribution in [0.5, 0.6) is 0 Å². The van der Waals surface area contributed by atoms with E-state index in [-0.39, 0.29) is 5.54 Å². The van der Waals surface area contributed by atoms with Gasteiger partial charge in [-0.3, -0.25) is 0 Å². The van der Waals surface area contributed by atoms with E-state index < -0.39 is 5.60 Å². The van der Waals surface area contributed by atoms with Gasteiger partial charge < -0.3 is 15.3 Å². The first-order chi connectivity index (χ1) is 8.69. The van der Waals surface area contributed by atoms with Crippen LogP contribution >= 0.6 is 0 Å². The van der Waals surface area contributed by atoms with Gasteiger partial charge in [-0.15, -0.1) is 0 Å². The number of nitrogens with one attached hydrogen (secondary N) is 1. The number of benzene rings is 1. The first-order valence-electron chi connectivity index (χ1n) is 6.98. The molecule has 3 heteroatoms. The van der Waals surface area contributed by atoms with Crippen molar-refractivity contribution in [2.45, 2.75) is 45.8 Å². The van der Waals surface area contributed by atoms with Crippen molar-refractivity contribution in [1.82, 2.24) is 5.32 Å². The lowest BCUT2D eigenvalue weighted by molar-refractivity contribution is 0.0696. The van der Waals surface area contributed by atoms with Crippen LogP contribution in [0.25, 0.3) is 0 Å². The zero-order valence-corrected chi connectivity index (χ0v) is 12.7. The molecule has 0 aromatic heterocycles. The molecule has 1 heterocycles. The van der Waals surface area contributed by atoms with E-state index in [1.165, 1.54) is 16.8 Å². The minimum Gasteiger partial charge on any atom is -0.387 e. The van der Waals surface area contributed by atoms with Gasteiger partial charge in [0.2, 0.25) is 0 Å². The van der Waals surface area contributed by atoms with E-state index >= 15 is 0 Å². The first kappa shape index (κ1) is 14.4. The van der Waals surface area contributed by atoms with Gasteiger partial charge in [-0.2, -0.15) is 0 Å². The van der Waals surface area contributed by atoms with Gasteiger partial charge >= 0.3 is 0 Å². The highest BCUT2D eigenvalue weighted by atomic mass is 16.3. The van der Waals surface area contributed by atoms with Crippen molar-refractivity contribution in [3.05, 3.63) is 29.3 Å². The van der Waals surface area contributed by atoms with Crippen molar-refractivity contribution in [3.8, 4) is 0 Å². The van der Waals surface area contributed by atoms with Gasteiger partial charge in [-0.1, -0.05) is 12.1 Å². The summed E-state index contributed by atoms with van der Waals surface area (Å²) >= 11 is 0. The quantitative estimate of drug-likeness (QED) is 0.815. The number of hydrogen-bond donors (Lipinski definition) is 2. The van der Waals surface area contributed by atoms with Gasteiger partial charge in [0.1, 0.15) is 0 Å². The van der Waals surface area contributed by atoms with Gasteiger partial charge in [0, 0.05) is 30.9 Å². The van der Waals surface area contributed by atoms with Crippen LogP contribution in [0.15, 0.2) is 18.2 Å². The largest absolute Gasteiger partial charge is 0.387 e. The molecule has 1 saturated heterocycles. The summed E-state index contributed by atoms with van der Waals surface area (Å²) in [6, 6.07) is 6.51. The third-order valence-electron chi connectivity index (χ3n) is 3.77. The van der Waals surface area contributed by atoms with Crippen LogP contribution in [-0.4, -0.2) is 35.9 Å². The third kappa shape index (κ3) is 3.48. The number of nitrogens with zero attached hydrogens (tertiary/aromatic N) is 1. The molecule has 0 radical (unpaired) electrons. The third-order valence-corrected chi connectivity index (χ3v) is 3.77.